The first-order valence-electron chi connectivity index (χ1n) is 6.23. The number of likely N-dealkylation sites (tertiary alicyclic amines) is 1. The molecule has 2 N–H and O–H groups in total. The number of hydrogen-bond donors (Lipinski definition) is 2. The van der Waals surface area contributed by atoms with Gasteiger partial charge in [0.05, 0.1) is 11.4 Å². The Bertz CT molecular complexity index is 426. The van der Waals surface area contributed by atoms with E-state index in [-0.39, 0.29) is 11.9 Å². The van der Waals surface area contributed by atoms with Crippen LogP contribution < -0.4 is 10.6 Å². The van der Waals surface area contributed by atoms with Gasteiger partial charge in [0.1, 0.15) is 6.04 Å². The van der Waals surface area contributed by atoms with Gasteiger partial charge in [0, 0.05) is 19.6 Å². The molecule has 17 heavy (non-hydrogen) atoms. The van der Waals surface area contributed by atoms with Gasteiger partial charge in [0.2, 0.25) is 5.91 Å². The minimum absolute atomic E-state index is 0.122. The third kappa shape index (κ3) is 1.95. The fraction of sp³-hybridized carbons (Fsp3) is 0.462. The number of nitrogens with zero attached hydrogens (tertiary/aromatic N) is 1. The van der Waals surface area contributed by atoms with Gasteiger partial charge in [-0.25, -0.2) is 0 Å². The highest BCUT2D eigenvalue weighted by molar-refractivity contribution is 5.88. The predicted molar refractivity (Wildman–Crippen MR) is 68.2 cm³/mol. The first kappa shape index (κ1) is 10.4. The largest absolute Gasteiger partial charge is 0.381 e. The van der Waals surface area contributed by atoms with Gasteiger partial charge in [-0.2, -0.15) is 0 Å². The number of carbonyl (C=O) groups excluding carboxylic acids is 1. The molecule has 1 saturated heterocycles. The van der Waals surface area contributed by atoms with Crippen molar-refractivity contribution in [2.75, 3.05) is 30.3 Å². The molecule has 1 aromatic rings. The summed E-state index contributed by atoms with van der Waals surface area (Å²) in [5.74, 6) is 0.226. The van der Waals surface area contributed by atoms with E-state index in [1.807, 2.05) is 29.2 Å². The summed E-state index contributed by atoms with van der Waals surface area (Å²) < 4.78 is 0. The van der Waals surface area contributed by atoms with E-state index in [0.717, 1.165) is 37.3 Å². The van der Waals surface area contributed by atoms with Crippen molar-refractivity contribution in [3.8, 4) is 0 Å². The second-order valence-corrected chi connectivity index (χ2v) is 4.66. The lowest BCUT2D eigenvalue weighted by Crippen LogP contribution is -2.47. The van der Waals surface area contributed by atoms with Crippen molar-refractivity contribution in [3.05, 3.63) is 24.3 Å². The third-order valence-corrected chi connectivity index (χ3v) is 3.47. The highest BCUT2D eigenvalue weighted by Crippen LogP contribution is 2.26. The summed E-state index contributed by atoms with van der Waals surface area (Å²) in [5.41, 5.74) is 2.11. The van der Waals surface area contributed by atoms with E-state index >= 15 is 0 Å². The molecule has 1 aromatic carbocycles. The molecule has 1 unspecified atom stereocenters. The van der Waals surface area contributed by atoms with Crippen molar-refractivity contribution in [2.24, 2.45) is 0 Å². The molecule has 2 aliphatic heterocycles. The summed E-state index contributed by atoms with van der Waals surface area (Å²) in [6.07, 6.45) is 2.28. The lowest BCUT2D eigenvalue weighted by atomic mass is 10.1. The molecular weight excluding hydrogens is 214 g/mol. The lowest BCUT2D eigenvalue weighted by Gasteiger charge is -2.30. The highest BCUT2D eigenvalue weighted by atomic mass is 16.2. The van der Waals surface area contributed by atoms with Gasteiger partial charge in [-0.05, 0) is 25.0 Å². The van der Waals surface area contributed by atoms with E-state index in [1.165, 1.54) is 0 Å². The molecule has 4 heteroatoms. The Hall–Kier alpha value is -1.71. The van der Waals surface area contributed by atoms with Crippen molar-refractivity contribution in [2.45, 2.75) is 18.9 Å². The van der Waals surface area contributed by atoms with E-state index < -0.39 is 0 Å². The van der Waals surface area contributed by atoms with Crippen LogP contribution in [-0.2, 0) is 4.79 Å². The number of rotatable bonds is 1. The smallest absolute Gasteiger partial charge is 0.246 e. The number of nitrogens with one attached hydrogen (secondary N) is 2. The second-order valence-electron chi connectivity index (χ2n) is 4.66. The van der Waals surface area contributed by atoms with Crippen molar-refractivity contribution < 1.29 is 4.79 Å². The standard InChI is InChI=1S/C13H17N3O/c17-13(16-7-3-4-8-16)12-9-14-10-5-1-2-6-11(10)15-12/h1-2,5-6,12,14-15H,3-4,7-9H2. The Balaban J connectivity index is 1.73. The quantitative estimate of drug-likeness (QED) is 0.770. The Morgan fingerprint density at radius 2 is 1.88 bits per heavy atom. The van der Waals surface area contributed by atoms with Gasteiger partial charge in [-0.15, -0.1) is 0 Å². The van der Waals surface area contributed by atoms with Gasteiger partial charge >= 0.3 is 0 Å². The molecule has 0 saturated carbocycles. The molecule has 4 nitrogen and oxygen atoms in total. The molecule has 1 atom stereocenters. The summed E-state index contributed by atoms with van der Waals surface area (Å²) in [7, 11) is 0. The zero-order chi connectivity index (χ0) is 11.7. The fourth-order valence-electron chi connectivity index (χ4n) is 2.52. The third-order valence-electron chi connectivity index (χ3n) is 3.47. The summed E-state index contributed by atoms with van der Waals surface area (Å²) in [6, 6.07) is 7.89. The zero-order valence-electron chi connectivity index (χ0n) is 9.78. The van der Waals surface area contributed by atoms with Crippen LogP contribution >= 0.6 is 0 Å². The number of para-hydroxylation sites is 2. The molecule has 0 bridgehead atoms. The molecule has 1 amide bonds. The lowest BCUT2D eigenvalue weighted by molar-refractivity contribution is -0.130. The van der Waals surface area contributed by atoms with Crippen LogP contribution in [0, 0.1) is 0 Å². The average molecular weight is 231 g/mol. The first-order valence-corrected chi connectivity index (χ1v) is 6.23. The molecular formula is C13H17N3O. The molecule has 0 aliphatic carbocycles. The van der Waals surface area contributed by atoms with Crippen molar-refractivity contribution in [1.29, 1.82) is 0 Å². The topological polar surface area (TPSA) is 44.4 Å². The summed E-state index contributed by atoms with van der Waals surface area (Å²) in [5, 5.41) is 6.63. The monoisotopic (exact) mass is 231 g/mol. The van der Waals surface area contributed by atoms with Crippen molar-refractivity contribution in [1.82, 2.24) is 4.90 Å². The number of amides is 1. The predicted octanol–water partition coefficient (Wildman–Crippen LogP) is 1.51. The maximum atomic E-state index is 12.2. The van der Waals surface area contributed by atoms with E-state index in [2.05, 4.69) is 10.6 Å². The van der Waals surface area contributed by atoms with Crippen molar-refractivity contribution >= 4 is 17.3 Å². The SMILES string of the molecule is O=C(C1CNc2ccccc2N1)N1CCCC1. The molecule has 90 valence electrons. The number of fused-ring (bicyclic) bond motifs is 1. The maximum absolute atomic E-state index is 12.2. The zero-order valence-corrected chi connectivity index (χ0v) is 9.78. The molecule has 0 aromatic heterocycles. The molecule has 2 heterocycles. The Kier molecular flexibility index (Phi) is 2.63. The van der Waals surface area contributed by atoms with Gasteiger partial charge < -0.3 is 15.5 Å². The van der Waals surface area contributed by atoms with Crippen LogP contribution in [0.15, 0.2) is 24.3 Å². The van der Waals surface area contributed by atoms with Crippen molar-refractivity contribution in [3.63, 3.8) is 0 Å². The molecule has 1 fully saturated rings. The minimum atomic E-state index is -0.122. The van der Waals surface area contributed by atoms with Crippen LogP contribution in [0.1, 0.15) is 12.8 Å². The normalized spacial score (nSPS) is 22.6. The van der Waals surface area contributed by atoms with Gasteiger partial charge in [-0.1, -0.05) is 12.1 Å². The Labute approximate surface area is 101 Å². The van der Waals surface area contributed by atoms with Crippen LogP contribution in [0.25, 0.3) is 0 Å². The summed E-state index contributed by atoms with van der Waals surface area (Å²) >= 11 is 0. The molecule has 0 radical (unpaired) electrons. The number of carbonyl (C=O) groups is 1. The van der Waals surface area contributed by atoms with Gasteiger partial charge in [-0.3, -0.25) is 4.79 Å². The first-order chi connectivity index (χ1) is 8.34. The number of anilines is 2. The van der Waals surface area contributed by atoms with Crippen LogP contribution in [0.5, 0.6) is 0 Å². The molecule has 0 spiro atoms. The summed E-state index contributed by atoms with van der Waals surface area (Å²) in [4.78, 5) is 14.2. The molecule has 2 aliphatic rings. The van der Waals surface area contributed by atoms with Gasteiger partial charge in [0.25, 0.3) is 0 Å². The number of benzene rings is 1. The minimum Gasteiger partial charge on any atom is -0.381 e. The van der Waals surface area contributed by atoms with Crippen LogP contribution in [0.3, 0.4) is 0 Å². The van der Waals surface area contributed by atoms with E-state index in [9.17, 15) is 4.79 Å². The molecule has 3 rings (SSSR count). The Morgan fingerprint density at radius 3 is 2.65 bits per heavy atom. The number of hydrogen-bond acceptors (Lipinski definition) is 3. The Morgan fingerprint density at radius 1 is 1.18 bits per heavy atom. The van der Waals surface area contributed by atoms with Crippen LogP contribution in [0.2, 0.25) is 0 Å². The van der Waals surface area contributed by atoms with Gasteiger partial charge in [0.15, 0.2) is 0 Å². The maximum Gasteiger partial charge on any atom is 0.246 e. The second kappa shape index (κ2) is 4.28. The summed E-state index contributed by atoms with van der Waals surface area (Å²) in [6.45, 7) is 2.50. The van der Waals surface area contributed by atoms with E-state index in [1.54, 1.807) is 0 Å². The average Bonchev–Trinajstić information content (AvgIpc) is 2.91. The van der Waals surface area contributed by atoms with Crippen LogP contribution in [0.4, 0.5) is 11.4 Å². The van der Waals surface area contributed by atoms with Crippen LogP contribution in [-0.4, -0.2) is 36.5 Å². The fourth-order valence-corrected chi connectivity index (χ4v) is 2.52. The van der Waals surface area contributed by atoms with E-state index in [0.29, 0.717) is 6.54 Å². The highest BCUT2D eigenvalue weighted by Gasteiger charge is 2.28. The van der Waals surface area contributed by atoms with E-state index in [4.69, 9.17) is 0 Å².